The molecular weight excluding hydrogens is 421 g/mol. The van der Waals surface area contributed by atoms with Crippen LogP contribution in [0.3, 0.4) is 0 Å². The molecule has 2 rings (SSSR count). The fourth-order valence-electron chi connectivity index (χ4n) is 1.40. The minimum Gasteiger partial charge on any atom is -0.237 e. The minimum absolute atomic E-state index is 0.593. The zero-order valence-corrected chi connectivity index (χ0v) is 14.7. The topological polar surface area (TPSA) is 17.8 Å². The fourth-order valence-corrected chi connectivity index (χ4v) is 3.89. The lowest BCUT2D eigenvalue weighted by Crippen LogP contribution is -1.82. The van der Waals surface area contributed by atoms with Gasteiger partial charge in [-0.1, -0.05) is 41.4 Å². The Labute approximate surface area is 124 Å². The number of rotatable bonds is 1. The molecule has 0 N–H and O–H groups in total. The standard InChI is InChI=1S/C8H6BrClIN2P.C2H6/c1-4-8-6(10)2-5(9)3-7(8)13(12-4)14-11;1-2/h2-3,14H,1H3;1-2H3. The minimum atomic E-state index is 0.593. The molecule has 0 spiro atoms. The van der Waals surface area contributed by atoms with Crippen molar-refractivity contribution in [2.75, 3.05) is 0 Å². The normalized spacial score (nSPS) is 10.9. The molecule has 0 bridgehead atoms. The second kappa shape index (κ2) is 6.53. The van der Waals surface area contributed by atoms with Crippen LogP contribution in [0.5, 0.6) is 0 Å². The second-order valence-electron chi connectivity index (χ2n) is 2.86. The molecule has 0 saturated heterocycles. The number of hydrogen-bond donors (Lipinski definition) is 0. The average molecular weight is 433 g/mol. The van der Waals surface area contributed by atoms with E-state index in [2.05, 4.69) is 43.1 Å². The first-order valence-corrected chi connectivity index (χ1v) is 10.1. The SMILES string of the molecule is CC.Cc1nn(PI)c2cc(Br)cc(Cl)c12. The summed E-state index contributed by atoms with van der Waals surface area (Å²) in [5.74, 6) is 0. The summed E-state index contributed by atoms with van der Waals surface area (Å²) in [5, 5.41) is 6.24. The van der Waals surface area contributed by atoms with E-state index in [1.165, 1.54) is 0 Å². The molecule has 16 heavy (non-hydrogen) atoms. The Balaban J connectivity index is 0.000000606. The molecule has 88 valence electrons. The van der Waals surface area contributed by atoms with E-state index < -0.39 is 0 Å². The second-order valence-corrected chi connectivity index (χ2v) is 6.23. The van der Waals surface area contributed by atoms with Crippen LogP contribution in [0.2, 0.25) is 5.02 Å². The first-order chi connectivity index (χ1) is 7.63. The van der Waals surface area contributed by atoms with Crippen molar-refractivity contribution in [3.8, 4) is 0 Å². The summed E-state index contributed by atoms with van der Waals surface area (Å²) in [6.45, 7) is 5.98. The molecule has 6 heteroatoms. The Morgan fingerprint density at radius 1 is 1.44 bits per heavy atom. The Morgan fingerprint density at radius 2 is 2.06 bits per heavy atom. The van der Waals surface area contributed by atoms with Gasteiger partial charge in [-0.25, -0.2) is 4.45 Å². The number of nitrogens with zero attached hydrogens (tertiary/aromatic N) is 2. The molecule has 1 aromatic heterocycles. The van der Waals surface area contributed by atoms with Crippen LogP contribution in [0, 0.1) is 6.92 Å². The van der Waals surface area contributed by atoms with Crippen LogP contribution >= 0.6 is 55.9 Å². The van der Waals surface area contributed by atoms with Crippen molar-refractivity contribution < 1.29 is 0 Å². The quantitative estimate of drug-likeness (QED) is 0.424. The van der Waals surface area contributed by atoms with E-state index in [0.29, 0.717) is 6.37 Å². The third-order valence-corrected chi connectivity index (χ3v) is 4.58. The van der Waals surface area contributed by atoms with Crippen LogP contribution < -0.4 is 0 Å². The average Bonchev–Trinajstić information content (AvgIpc) is 2.58. The van der Waals surface area contributed by atoms with Gasteiger partial charge >= 0.3 is 0 Å². The summed E-state index contributed by atoms with van der Waals surface area (Å²) < 4.78 is 2.97. The largest absolute Gasteiger partial charge is 0.237 e. The highest BCUT2D eigenvalue weighted by atomic mass is 127. The van der Waals surface area contributed by atoms with Crippen LogP contribution in [-0.4, -0.2) is 9.55 Å². The maximum absolute atomic E-state index is 6.16. The Morgan fingerprint density at radius 3 is 2.62 bits per heavy atom. The van der Waals surface area contributed by atoms with Gasteiger partial charge < -0.3 is 0 Å². The fraction of sp³-hybridized carbons (Fsp3) is 0.300. The zero-order valence-electron chi connectivity index (χ0n) is 9.18. The molecule has 0 amide bonds. The van der Waals surface area contributed by atoms with E-state index in [9.17, 15) is 0 Å². The predicted molar refractivity (Wildman–Crippen MR) is 86.3 cm³/mol. The van der Waals surface area contributed by atoms with E-state index in [-0.39, 0.29) is 0 Å². The molecule has 1 unspecified atom stereocenters. The molecule has 0 aliphatic heterocycles. The van der Waals surface area contributed by atoms with Crippen LogP contribution in [0.25, 0.3) is 10.9 Å². The van der Waals surface area contributed by atoms with Crippen LogP contribution in [0.4, 0.5) is 0 Å². The third kappa shape index (κ3) is 2.89. The number of fused-ring (bicyclic) bond motifs is 1. The third-order valence-electron chi connectivity index (χ3n) is 1.95. The van der Waals surface area contributed by atoms with Gasteiger partial charge in [0.15, 0.2) is 0 Å². The van der Waals surface area contributed by atoms with Gasteiger partial charge in [-0.15, -0.1) is 0 Å². The summed E-state index contributed by atoms with van der Waals surface area (Å²) in [7, 11) is 0. The monoisotopic (exact) mass is 432 g/mol. The highest BCUT2D eigenvalue weighted by Crippen LogP contribution is 2.35. The summed E-state index contributed by atoms with van der Waals surface area (Å²) >= 11 is 11.9. The number of halogens is 3. The lowest BCUT2D eigenvalue weighted by atomic mass is 10.2. The van der Waals surface area contributed by atoms with Crippen molar-refractivity contribution >= 4 is 66.8 Å². The molecule has 0 aliphatic rings. The highest BCUT2D eigenvalue weighted by molar-refractivity contribution is 14.2. The summed E-state index contributed by atoms with van der Waals surface area (Å²) in [4.78, 5) is 0. The molecule has 0 radical (unpaired) electrons. The van der Waals surface area contributed by atoms with E-state index in [0.717, 1.165) is 26.1 Å². The molecule has 0 fully saturated rings. The van der Waals surface area contributed by atoms with Crippen LogP contribution in [0.1, 0.15) is 19.5 Å². The van der Waals surface area contributed by atoms with Gasteiger partial charge in [-0.2, -0.15) is 5.10 Å². The van der Waals surface area contributed by atoms with Crippen molar-refractivity contribution in [2.45, 2.75) is 20.8 Å². The molecule has 0 saturated carbocycles. The van der Waals surface area contributed by atoms with Gasteiger partial charge in [-0.05, 0) is 41.1 Å². The molecule has 1 heterocycles. The first kappa shape index (κ1) is 14.7. The van der Waals surface area contributed by atoms with Crippen molar-refractivity contribution in [1.29, 1.82) is 0 Å². The summed E-state index contributed by atoms with van der Waals surface area (Å²) in [6, 6.07) is 3.95. The Hall–Kier alpha value is 0.620. The van der Waals surface area contributed by atoms with Crippen molar-refractivity contribution in [3.63, 3.8) is 0 Å². The van der Waals surface area contributed by atoms with Crippen molar-refractivity contribution in [1.82, 2.24) is 9.55 Å². The molecule has 2 aromatic rings. The lowest BCUT2D eigenvalue weighted by Gasteiger charge is -1.99. The van der Waals surface area contributed by atoms with E-state index >= 15 is 0 Å². The molecule has 2 nitrogen and oxygen atoms in total. The van der Waals surface area contributed by atoms with E-state index in [1.807, 2.05) is 37.4 Å². The van der Waals surface area contributed by atoms with Gasteiger partial charge in [0.2, 0.25) is 0 Å². The van der Waals surface area contributed by atoms with Crippen molar-refractivity contribution in [3.05, 3.63) is 27.3 Å². The number of aryl methyl sites for hydroxylation is 1. The molecular formula is C10H12BrClIN2P. The van der Waals surface area contributed by atoms with E-state index in [4.69, 9.17) is 11.6 Å². The highest BCUT2D eigenvalue weighted by Gasteiger charge is 2.10. The van der Waals surface area contributed by atoms with Crippen LogP contribution in [0.15, 0.2) is 16.6 Å². The number of aromatic nitrogens is 2. The zero-order chi connectivity index (χ0) is 12.3. The van der Waals surface area contributed by atoms with E-state index in [1.54, 1.807) is 0 Å². The smallest absolute Gasteiger partial charge is 0.0758 e. The van der Waals surface area contributed by atoms with Crippen molar-refractivity contribution in [2.24, 2.45) is 0 Å². The van der Waals surface area contributed by atoms with Gasteiger partial charge in [0.1, 0.15) is 0 Å². The number of hydrogen-bond acceptors (Lipinski definition) is 1. The van der Waals surface area contributed by atoms with Gasteiger partial charge in [0.25, 0.3) is 0 Å². The lowest BCUT2D eigenvalue weighted by molar-refractivity contribution is 1.00. The molecule has 1 aromatic carbocycles. The molecule has 1 atom stereocenters. The maximum Gasteiger partial charge on any atom is 0.0758 e. The summed E-state index contributed by atoms with van der Waals surface area (Å²) in [5.41, 5.74) is 2.08. The maximum atomic E-state index is 6.16. The predicted octanol–water partition coefficient (Wildman–Crippen LogP) is 5.58. The van der Waals surface area contributed by atoms with Gasteiger partial charge in [-0.3, -0.25) is 0 Å². The van der Waals surface area contributed by atoms with Gasteiger partial charge in [0.05, 0.1) is 22.6 Å². The Kier molecular flexibility index (Phi) is 5.99. The Bertz CT molecular complexity index is 501. The molecule has 0 aliphatic carbocycles. The van der Waals surface area contributed by atoms with Gasteiger partial charge in [0, 0.05) is 9.86 Å². The first-order valence-electron chi connectivity index (χ1n) is 4.84. The summed E-state index contributed by atoms with van der Waals surface area (Å²) in [6.07, 6.45) is 0.593. The van der Waals surface area contributed by atoms with Crippen LogP contribution in [-0.2, 0) is 0 Å². The number of benzene rings is 1.